The summed E-state index contributed by atoms with van der Waals surface area (Å²) in [6.07, 6.45) is 6.78. The van der Waals surface area contributed by atoms with Crippen molar-refractivity contribution in [2.45, 2.75) is 57.2 Å². The maximum atomic E-state index is 5.99. The number of rotatable bonds is 12. The van der Waals surface area contributed by atoms with Crippen LogP contribution in [0.1, 0.15) is 52.4 Å². The Morgan fingerprint density at radius 3 is 2.50 bits per heavy atom. The van der Waals surface area contributed by atoms with E-state index >= 15 is 0 Å². The number of benzene rings is 2. The number of hydrogen-bond acceptors (Lipinski definition) is 3. The molecule has 0 amide bonds. The second kappa shape index (κ2) is 11.3. The quantitative estimate of drug-likeness (QED) is 0.279. The SMILES string of the molecule is CCCCOc1ccc2c(OC)c(OCCCCC(Br)CC)ccc2c1. The number of unbranched alkanes of at least 4 members (excludes halogenated alkanes) is 2. The first kappa shape index (κ1) is 20.9. The zero-order chi connectivity index (χ0) is 18.8. The Morgan fingerprint density at radius 2 is 1.77 bits per heavy atom. The lowest BCUT2D eigenvalue weighted by Gasteiger charge is -2.14. The fourth-order valence-corrected chi connectivity index (χ4v) is 3.19. The Bertz CT molecular complexity index is 672. The van der Waals surface area contributed by atoms with Crippen LogP contribution in [0.4, 0.5) is 0 Å². The van der Waals surface area contributed by atoms with Gasteiger partial charge in [0, 0.05) is 10.2 Å². The number of hydrogen-bond donors (Lipinski definition) is 0. The van der Waals surface area contributed by atoms with Crippen molar-refractivity contribution in [3.63, 3.8) is 0 Å². The highest BCUT2D eigenvalue weighted by molar-refractivity contribution is 9.09. The molecule has 2 aromatic carbocycles. The van der Waals surface area contributed by atoms with Crippen molar-refractivity contribution < 1.29 is 14.2 Å². The van der Waals surface area contributed by atoms with E-state index in [1.807, 2.05) is 12.1 Å². The molecule has 0 N–H and O–H groups in total. The molecule has 26 heavy (non-hydrogen) atoms. The van der Waals surface area contributed by atoms with Gasteiger partial charge in [-0.1, -0.05) is 42.3 Å². The van der Waals surface area contributed by atoms with Gasteiger partial charge in [0.05, 0.1) is 20.3 Å². The van der Waals surface area contributed by atoms with Gasteiger partial charge in [0.2, 0.25) is 0 Å². The molecule has 0 aliphatic heterocycles. The normalized spacial score (nSPS) is 12.2. The zero-order valence-electron chi connectivity index (χ0n) is 16.2. The summed E-state index contributed by atoms with van der Waals surface area (Å²) in [6.45, 7) is 5.84. The molecule has 0 radical (unpaired) electrons. The molecule has 1 atom stereocenters. The second-order valence-corrected chi connectivity index (χ2v) is 7.83. The van der Waals surface area contributed by atoms with Crippen molar-refractivity contribution in [3.8, 4) is 17.2 Å². The zero-order valence-corrected chi connectivity index (χ0v) is 17.8. The average molecular weight is 423 g/mol. The van der Waals surface area contributed by atoms with Crippen LogP contribution in [0.15, 0.2) is 30.3 Å². The number of ether oxygens (including phenoxy) is 3. The van der Waals surface area contributed by atoms with E-state index in [4.69, 9.17) is 14.2 Å². The number of alkyl halides is 1. The highest BCUT2D eigenvalue weighted by atomic mass is 79.9. The molecule has 0 bridgehead atoms. The van der Waals surface area contributed by atoms with E-state index in [2.05, 4.69) is 48.0 Å². The summed E-state index contributed by atoms with van der Waals surface area (Å²) in [6, 6.07) is 10.2. The summed E-state index contributed by atoms with van der Waals surface area (Å²) in [4.78, 5) is 0.617. The Balaban J connectivity index is 2.00. The summed E-state index contributed by atoms with van der Waals surface area (Å²) < 4.78 is 17.4. The lowest BCUT2D eigenvalue weighted by atomic mass is 10.1. The topological polar surface area (TPSA) is 27.7 Å². The van der Waals surface area contributed by atoms with Crippen LogP contribution in [0.2, 0.25) is 0 Å². The molecule has 2 aromatic rings. The van der Waals surface area contributed by atoms with Crippen LogP contribution in [-0.2, 0) is 0 Å². The molecule has 0 spiro atoms. The van der Waals surface area contributed by atoms with Crippen molar-refractivity contribution in [1.82, 2.24) is 0 Å². The number of fused-ring (bicyclic) bond motifs is 1. The third-order valence-electron chi connectivity index (χ3n) is 4.49. The van der Waals surface area contributed by atoms with Crippen LogP contribution in [0, 0.1) is 0 Å². The van der Waals surface area contributed by atoms with Crippen molar-refractivity contribution >= 4 is 26.7 Å². The average Bonchev–Trinajstić information content (AvgIpc) is 2.67. The van der Waals surface area contributed by atoms with E-state index < -0.39 is 0 Å². The van der Waals surface area contributed by atoms with Crippen LogP contribution in [0.25, 0.3) is 10.8 Å². The highest BCUT2D eigenvalue weighted by Crippen LogP contribution is 2.37. The lowest BCUT2D eigenvalue weighted by Crippen LogP contribution is -2.02. The van der Waals surface area contributed by atoms with Crippen LogP contribution < -0.4 is 14.2 Å². The van der Waals surface area contributed by atoms with Gasteiger partial charge in [0.1, 0.15) is 5.75 Å². The standard InChI is InChI=1S/C22H31BrO3/c1-4-6-14-25-19-11-12-20-17(16-19)10-13-21(22(20)24-3)26-15-8-7-9-18(23)5-2/h10-13,16,18H,4-9,14-15H2,1-3H3. The molecule has 4 heteroatoms. The van der Waals surface area contributed by atoms with E-state index in [0.717, 1.165) is 60.3 Å². The van der Waals surface area contributed by atoms with E-state index in [0.29, 0.717) is 11.4 Å². The second-order valence-electron chi connectivity index (χ2n) is 6.53. The minimum Gasteiger partial charge on any atom is -0.494 e. The minimum absolute atomic E-state index is 0.617. The van der Waals surface area contributed by atoms with Gasteiger partial charge in [-0.3, -0.25) is 0 Å². The molecule has 144 valence electrons. The van der Waals surface area contributed by atoms with Gasteiger partial charge < -0.3 is 14.2 Å². The Kier molecular flexibility index (Phi) is 9.10. The van der Waals surface area contributed by atoms with Gasteiger partial charge in [-0.05, 0) is 61.8 Å². The fraction of sp³-hybridized carbons (Fsp3) is 0.545. The minimum atomic E-state index is 0.617. The summed E-state index contributed by atoms with van der Waals surface area (Å²) in [5, 5.41) is 2.16. The molecule has 3 nitrogen and oxygen atoms in total. The summed E-state index contributed by atoms with van der Waals surface area (Å²) >= 11 is 3.68. The van der Waals surface area contributed by atoms with Crippen LogP contribution >= 0.6 is 15.9 Å². The summed E-state index contributed by atoms with van der Waals surface area (Å²) in [5.74, 6) is 2.52. The molecule has 0 heterocycles. The van der Waals surface area contributed by atoms with Crippen LogP contribution in [0.3, 0.4) is 0 Å². The molecule has 2 rings (SSSR count). The summed E-state index contributed by atoms with van der Waals surface area (Å²) in [7, 11) is 1.70. The molecule has 0 aromatic heterocycles. The van der Waals surface area contributed by atoms with Gasteiger partial charge in [-0.15, -0.1) is 0 Å². The van der Waals surface area contributed by atoms with E-state index in [1.54, 1.807) is 7.11 Å². The van der Waals surface area contributed by atoms with Crippen molar-refractivity contribution in [2.75, 3.05) is 20.3 Å². The molecule has 0 fully saturated rings. The molecule has 0 aliphatic rings. The Morgan fingerprint density at radius 1 is 0.962 bits per heavy atom. The molecule has 0 aliphatic carbocycles. The summed E-state index contributed by atoms with van der Waals surface area (Å²) in [5.41, 5.74) is 0. The first-order chi connectivity index (χ1) is 12.7. The predicted molar refractivity (Wildman–Crippen MR) is 113 cm³/mol. The Labute approximate surface area is 166 Å². The molecule has 0 saturated carbocycles. The van der Waals surface area contributed by atoms with Gasteiger partial charge >= 0.3 is 0 Å². The predicted octanol–water partition coefficient (Wildman–Crippen LogP) is 6.75. The Hall–Kier alpha value is -1.42. The third kappa shape index (κ3) is 6.08. The number of methoxy groups -OCH3 is 1. The van der Waals surface area contributed by atoms with Gasteiger partial charge in [-0.2, -0.15) is 0 Å². The monoisotopic (exact) mass is 422 g/mol. The molecular weight excluding hydrogens is 392 g/mol. The van der Waals surface area contributed by atoms with Gasteiger partial charge in [-0.25, -0.2) is 0 Å². The van der Waals surface area contributed by atoms with E-state index in [1.165, 1.54) is 12.8 Å². The molecular formula is C22H31BrO3. The first-order valence-corrected chi connectivity index (χ1v) is 10.6. The maximum absolute atomic E-state index is 5.99. The van der Waals surface area contributed by atoms with Gasteiger partial charge in [0.25, 0.3) is 0 Å². The highest BCUT2D eigenvalue weighted by Gasteiger charge is 2.10. The maximum Gasteiger partial charge on any atom is 0.168 e. The smallest absolute Gasteiger partial charge is 0.168 e. The van der Waals surface area contributed by atoms with Crippen LogP contribution in [-0.4, -0.2) is 25.2 Å². The molecule has 0 saturated heterocycles. The van der Waals surface area contributed by atoms with Crippen LogP contribution in [0.5, 0.6) is 17.2 Å². The number of halogens is 1. The lowest BCUT2D eigenvalue weighted by molar-refractivity contribution is 0.286. The van der Waals surface area contributed by atoms with Gasteiger partial charge in [0.15, 0.2) is 11.5 Å². The first-order valence-electron chi connectivity index (χ1n) is 9.70. The van der Waals surface area contributed by atoms with E-state index in [9.17, 15) is 0 Å². The van der Waals surface area contributed by atoms with E-state index in [-0.39, 0.29) is 0 Å². The third-order valence-corrected chi connectivity index (χ3v) is 5.59. The van der Waals surface area contributed by atoms with Crippen molar-refractivity contribution in [2.24, 2.45) is 0 Å². The fourth-order valence-electron chi connectivity index (χ4n) is 2.86. The largest absolute Gasteiger partial charge is 0.494 e. The van der Waals surface area contributed by atoms with Crippen molar-refractivity contribution in [3.05, 3.63) is 30.3 Å². The van der Waals surface area contributed by atoms with Crippen molar-refractivity contribution in [1.29, 1.82) is 0 Å². The molecule has 1 unspecified atom stereocenters.